The smallest absolute Gasteiger partial charge is 0.410 e. The molecule has 0 radical (unpaired) electrons. The summed E-state index contributed by atoms with van der Waals surface area (Å²) in [5.74, 6) is -0.378. The number of carbonyl (C=O) groups is 2. The third kappa shape index (κ3) is 7.40. The average molecular weight is 496 g/mol. The Labute approximate surface area is 218 Å². The van der Waals surface area contributed by atoms with Crippen molar-refractivity contribution in [1.82, 2.24) is 9.88 Å². The number of ether oxygens (including phenoxy) is 1. The number of hydrogen-bond donors (Lipinski definition) is 1. The van der Waals surface area contributed by atoms with Crippen LogP contribution < -0.4 is 5.32 Å². The lowest BCUT2D eigenvalue weighted by Crippen LogP contribution is -2.39. The summed E-state index contributed by atoms with van der Waals surface area (Å²) in [5, 5.41) is 4.00. The highest BCUT2D eigenvalue weighted by Crippen LogP contribution is 2.26. The molecule has 1 aromatic heterocycles. The number of para-hydroxylation sites is 1. The van der Waals surface area contributed by atoms with Gasteiger partial charge >= 0.3 is 6.09 Å². The minimum atomic E-state index is -0.632. The molecular formula is C31H33N3O3. The molecule has 1 atom stereocenters. The van der Waals surface area contributed by atoms with Gasteiger partial charge in [-0.05, 0) is 44.0 Å². The van der Waals surface area contributed by atoms with Crippen LogP contribution in [0.5, 0.6) is 0 Å². The van der Waals surface area contributed by atoms with Gasteiger partial charge in [0.1, 0.15) is 5.60 Å². The maximum Gasteiger partial charge on any atom is 0.410 e. The van der Waals surface area contributed by atoms with E-state index >= 15 is 0 Å². The van der Waals surface area contributed by atoms with Gasteiger partial charge in [0, 0.05) is 37.0 Å². The Morgan fingerprint density at radius 3 is 2.27 bits per heavy atom. The number of fused-ring (bicyclic) bond motifs is 1. The van der Waals surface area contributed by atoms with Gasteiger partial charge in [-0.2, -0.15) is 0 Å². The van der Waals surface area contributed by atoms with Crippen LogP contribution in [0.4, 0.5) is 10.5 Å². The van der Waals surface area contributed by atoms with Gasteiger partial charge in [-0.15, -0.1) is 0 Å². The molecule has 0 spiro atoms. The first-order chi connectivity index (χ1) is 17.8. The number of nitrogens with zero attached hydrogens (tertiary/aromatic N) is 2. The first-order valence-electron chi connectivity index (χ1n) is 12.5. The molecule has 0 saturated heterocycles. The Kier molecular flexibility index (Phi) is 8.18. The van der Waals surface area contributed by atoms with Crippen LogP contribution in [0, 0.1) is 0 Å². The van der Waals surface area contributed by atoms with E-state index in [1.165, 1.54) is 0 Å². The van der Waals surface area contributed by atoms with Gasteiger partial charge in [0.05, 0.1) is 11.2 Å². The Bertz CT molecular complexity index is 1330. The van der Waals surface area contributed by atoms with Crippen LogP contribution in [0.2, 0.25) is 0 Å². The van der Waals surface area contributed by atoms with Gasteiger partial charge < -0.3 is 15.0 Å². The fraction of sp³-hybridized carbons (Fsp3) is 0.258. The lowest BCUT2D eigenvalue weighted by molar-refractivity contribution is -0.116. The van der Waals surface area contributed by atoms with Crippen molar-refractivity contribution < 1.29 is 14.3 Å². The molecule has 4 aromatic rings. The quantitative estimate of drug-likeness (QED) is 0.292. The maximum absolute atomic E-state index is 13.3. The fourth-order valence-electron chi connectivity index (χ4n) is 4.24. The monoisotopic (exact) mass is 495 g/mol. The molecule has 6 heteroatoms. The van der Waals surface area contributed by atoms with Gasteiger partial charge in [0.2, 0.25) is 5.91 Å². The minimum Gasteiger partial charge on any atom is -0.444 e. The maximum atomic E-state index is 13.3. The van der Waals surface area contributed by atoms with Gasteiger partial charge in [-0.1, -0.05) is 78.9 Å². The van der Waals surface area contributed by atoms with Crippen LogP contribution in [-0.2, 0) is 16.1 Å². The van der Waals surface area contributed by atoms with E-state index in [4.69, 9.17) is 4.74 Å². The highest BCUT2D eigenvalue weighted by molar-refractivity contribution is 6.00. The largest absolute Gasteiger partial charge is 0.444 e. The van der Waals surface area contributed by atoms with E-state index in [1.54, 1.807) is 11.1 Å². The third-order valence-corrected chi connectivity index (χ3v) is 5.92. The predicted molar refractivity (Wildman–Crippen MR) is 147 cm³/mol. The molecule has 1 N–H and O–H groups in total. The number of rotatable bonds is 8. The zero-order chi connectivity index (χ0) is 26.3. The topological polar surface area (TPSA) is 71.5 Å². The van der Waals surface area contributed by atoms with Crippen molar-refractivity contribution >= 4 is 28.6 Å². The van der Waals surface area contributed by atoms with E-state index in [-0.39, 0.29) is 18.2 Å². The number of pyridine rings is 1. The molecule has 0 aliphatic carbocycles. The second-order valence-electron chi connectivity index (χ2n) is 10.1. The Morgan fingerprint density at radius 1 is 0.892 bits per heavy atom. The highest BCUT2D eigenvalue weighted by atomic mass is 16.6. The Morgan fingerprint density at radius 2 is 1.57 bits per heavy atom. The van der Waals surface area contributed by atoms with Crippen molar-refractivity contribution in [3.63, 3.8) is 0 Å². The number of anilines is 1. The predicted octanol–water partition coefficient (Wildman–Crippen LogP) is 6.78. The number of benzene rings is 3. The minimum absolute atomic E-state index is 0.143. The third-order valence-electron chi connectivity index (χ3n) is 5.92. The summed E-state index contributed by atoms with van der Waals surface area (Å²) in [5.41, 5.74) is 2.76. The Hall–Kier alpha value is -4.19. The second-order valence-corrected chi connectivity index (χ2v) is 10.1. The standard InChI is InChI=1S/C31H33N3O3/c1-31(2,3)37-30(36)34(21-23-12-6-4-7-13-23)22-26(24-14-8-5-9-15-24)20-28(35)33-27-18-10-16-25-17-11-19-32-29(25)27/h4-19,26H,20-22H2,1-3H3,(H,33,35). The van der Waals surface area contributed by atoms with Crippen LogP contribution in [0.15, 0.2) is 97.2 Å². The lowest BCUT2D eigenvalue weighted by atomic mass is 9.94. The van der Waals surface area contributed by atoms with E-state index in [0.717, 1.165) is 22.0 Å². The van der Waals surface area contributed by atoms with Gasteiger partial charge in [0.25, 0.3) is 0 Å². The number of hydrogen-bond acceptors (Lipinski definition) is 4. The molecule has 1 unspecified atom stereocenters. The van der Waals surface area contributed by atoms with Crippen molar-refractivity contribution in [1.29, 1.82) is 0 Å². The van der Waals surface area contributed by atoms with Crippen LogP contribution in [0.1, 0.15) is 44.2 Å². The number of nitrogens with one attached hydrogen (secondary N) is 1. The highest BCUT2D eigenvalue weighted by Gasteiger charge is 2.27. The number of carbonyl (C=O) groups excluding carboxylic acids is 2. The van der Waals surface area contributed by atoms with Crippen LogP contribution >= 0.6 is 0 Å². The summed E-state index contributed by atoms with van der Waals surface area (Å²) in [4.78, 5) is 32.7. The van der Waals surface area contributed by atoms with E-state index in [0.29, 0.717) is 18.8 Å². The van der Waals surface area contributed by atoms with Gasteiger partial charge in [0.15, 0.2) is 0 Å². The lowest BCUT2D eigenvalue weighted by Gasteiger charge is -2.30. The fourth-order valence-corrected chi connectivity index (χ4v) is 4.24. The molecule has 1 heterocycles. The molecule has 0 saturated carbocycles. The van der Waals surface area contributed by atoms with Crippen LogP contribution in [0.3, 0.4) is 0 Å². The zero-order valence-electron chi connectivity index (χ0n) is 21.6. The van der Waals surface area contributed by atoms with Gasteiger partial charge in [-0.25, -0.2) is 4.79 Å². The summed E-state index contributed by atoms with van der Waals surface area (Å²) in [6, 6.07) is 29.2. The second kappa shape index (κ2) is 11.7. The normalized spacial score (nSPS) is 12.1. The number of amides is 2. The van der Waals surface area contributed by atoms with E-state index in [9.17, 15) is 9.59 Å². The number of aromatic nitrogens is 1. The summed E-state index contributed by atoms with van der Waals surface area (Å²) in [6.45, 7) is 6.27. The SMILES string of the molecule is CC(C)(C)OC(=O)N(Cc1ccccc1)CC(CC(=O)Nc1cccc2cccnc12)c1ccccc1. The molecule has 0 bridgehead atoms. The van der Waals surface area contributed by atoms with Crippen LogP contribution in [-0.4, -0.2) is 34.0 Å². The van der Waals surface area contributed by atoms with Gasteiger partial charge in [-0.3, -0.25) is 9.78 Å². The van der Waals surface area contributed by atoms with Crippen molar-refractivity contribution in [3.05, 3.63) is 108 Å². The molecule has 2 amide bonds. The average Bonchev–Trinajstić information content (AvgIpc) is 2.88. The summed E-state index contributed by atoms with van der Waals surface area (Å²) < 4.78 is 5.74. The molecule has 4 rings (SSSR count). The van der Waals surface area contributed by atoms with E-state index in [2.05, 4.69) is 10.3 Å². The molecule has 3 aromatic carbocycles. The molecule has 190 valence electrons. The van der Waals surface area contributed by atoms with Crippen LogP contribution in [0.25, 0.3) is 10.9 Å². The molecule has 0 fully saturated rings. The Balaban J connectivity index is 1.58. The van der Waals surface area contributed by atoms with Crippen molar-refractivity contribution in [2.75, 3.05) is 11.9 Å². The molecule has 37 heavy (non-hydrogen) atoms. The zero-order valence-corrected chi connectivity index (χ0v) is 21.6. The summed E-state index contributed by atoms with van der Waals surface area (Å²) >= 11 is 0. The summed E-state index contributed by atoms with van der Waals surface area (Å²) in [7, 11) is 0. The molecule has 0 aliphatic rings. The molecular weight excluding hydrogens is 462 g/mol. The van der Waals surface area contributed by atoms with Crippen molar-refractivity contribution in [3.8, 4) is 0 Å². The first-order valence-corrected chi connectivity index (χ1v) is 12.5. The summed E-state index contributed by atoms with van der Waals surface area (Å²) in [6.07, 6.45) is 1.50. The molecule has 0 aliphatic heterocycles. The first kappa shape index (κ1) is 25.9. The van der Waals surface area contributed by atoms with E-state index < -0.39 is 11.7 Å². The van der Waals surface area contributed by atoms with Crippen molar-refractivity contribution in [2.45, 2.75) is 45.3 Å². The molecule has 6 nitrogen and oxygen atoms in total. The van der Waals surface area contributed by atoms with E-state index in [1.807, 2.05) is 112 Å². The van der Waals surface area contributed by atoms with Crippen molar-refractivity contribution in [2.24, 2.45) is 0 Å².